The van der Waals surface area contributed by atoms with Crippen LogP contribution in [0.25, 0.3) is 0 Å². The lowest BCUT2D eigenvalue weighted by Gasteiger charge is -1.98. The molecule has 0 fully saturated rings. The monoisotopic (exact) mass is 232 g/mol. The minimum atomic E-state index is -2.78. The summed E-state index contributed by atoms with van der Waals surface area (Å²) in [5.74, 6) is 0. The van der Waals surface area contributed by atoms with Crippen LogP contribution < -0.4 is 0 Å². The van der Waals surface area contributed by atoms with E-state index < -0.39 is 37.2 Å². The van der Waals surface area contributed by atoms with E-state index >= 15 is 0 Å². The van der Waals surface area contributed by atoms with Crippen LogP contribution in [0.15, 0.2) is 23.1 Å². The zero-order valence-electron chi connectivity index (χ0n) is 7.02. The minimum absolute atomic E-state index is 0.745. The van der Waals surface area contributed by atoms with Crippen LogP contribution in [0.5, 0.6) is 0 Å². The van der Waals surface area contributed by atoms with E-state index in [1.807, 2.05) is 0 Å². The third-order valence-corrected chi connectivity index (χ3v) is 2.31. The fraction of sp³-hybridized carbons (Fsp3) is 0. The van der Waals surface area contributed by atoms with Crippen molar-refractivity contribution >= 4 is 22.5 Å². The molecule has 0 spiro atoms. The van der Waals surface area contributed by atoms with Crippen LogP contribution in [0.1, 0.15) is 0 Å². The van der Waals surface area contributed by atoms with Gasteiger partial charge in [0.15, 0.2) is 0 Å². The van der Waals surface area contributed by atoms with Crippen LogP contribution in [-0.4, -0.2) is 18.6 Å². The Bertz CT molecular complexity index is 427. The summed E-state index contributed by atoms with van der Waals surface area (Å²) >= 11 is -2.78. The molecular weight excluding hydrogens is 228 g/mol. The highest BCUT2D eigenvalue weighted by Crippen LogP contribution is 2.30. The van der Waals surface area contributed by atoms with Gasteiger partial charge < -0.3 is 4.55 Å². The standard InChI is InChI=1S/C6H4N2O6S/c9-7(10)4-2-1-3-5(8(11)12)6(4)15(13)14/h1-3H,(H,13,14). The van der Waals surface area contributed by atoms with Gasteiger partial charge in [0, 0.05) is 12.1 Å². The number of hydrogen-bond donors (Lipinski definition) is 1. The molecule has 0 bridgehead atoms. The maximum Gasteiger partial charge on any atom is 0.294 e. The highest BCUT2D eigenvalue weighted by atomic mass is 32.2. The van der Waals surface area contributed by atoms with Crippen LogP contribution in [0.2, 0.25) is 0 Å². The first kappa shape index (κ1) is 11.2. The average Bonchev–Trinajstić information content (AvgIpc) is 2.16. The molecule has 0 saturated carbocycles. The van der Waals surface area contributed by atoms with E-state index in [-0.39, 0.29) is 0 Å². The van der Waals surface area contributed by atoms with E-state index in [0.717, 1.165) is 18.2 Å². The van der Waals surface area contributed by atoms with Gasteiger partial charge in [0.05, 0.1) is 9.85 Å². The zero-order valence-corrected chi connectivity index (χ0v) is 7.84. The second-order valence-corrected chi connectivity index (χ2v) is 3.30. The second-order valence-electron chi connectivity index (χ2n) is 2.39. The van der Waals surface area contributed by atoms with Gasteiger partial charge in [0.1, 0.15) is 0 Å². The molecule has 1 aromatic rings. The number of nitrogens with zero attached hydrogens (tertiary/aromatic N) is 2. The van der Waals surface area contributed by atoms with Crippen LogP contribution in [0, 0.1) is 20.2 Å². The van der Waals surface area contributed by atoms with Gasteiger partial charge in [-0.15, -0.1) is 0 Å². The fourth-order valence-corrected chi connectivity index (χ4v) is 1.62. The molecule has 1 aromatic carbocycles. The van der Waals surface area contributed by atoms with Crippen molar-refractivity contribution in [2.24, 2.45) is 0 Å². The lowest BCUT2D eigenvalue weighted by atomic mass is 10.3. The molecule has 1 N–H and O–H groups in total. The smallest absolute Gasteiger partial charge is 0.294 e. The maximum atomic E-state index is 10.8. The molecule has 9 heteroatoms. The molecule has 0 saturated heterocycles. The Kier molecular flexibility index (Phi) is 3.07. The summed E-state index contributed by atoms with van der Waals surface area (Å²) in [5.41, 5.74) is -1.49. The highest BCUT2D eigenvalue weighted by molar-refractivity contribution is 7.79. The van der Waals surface area contributed by atoms with Crippen LogP contribution in [0.3, 0.4) is 0 Å². The van der Waals surface area contributed by atoms with Crippen LogP contribution >= 0.6 is 0 Å². The van der Waals surface area contributed by atoms with Gasteiger partial charge in [-0.25, -0.2) is 4.21 Å². The molecule has 1 atom stereocenters. The largest absolute Gasteiger partial charge is 0.302 e. The molecule has 0 aliphatic heterocycles. The first-order valence-electron chi connectivity index (χ1n) is 3.47. The lowest BCUT2D eigenvalue weighted by molar-refractivity contribution is -0.399. The predicted molar refractivity (Wildman–Crippen MR) is 48.8 cm³/mol. The van der Waals surface area contributed by atoms with E-state index in [9.17, 15) is 24.4 Å². The highest BCUT2D eigenvalue weighted by Gasteiger charge is 2.28. The quantitative estimate of drug-likeness (QED) is 0.472. The molecule has 15 heavy (non-hydrogen) atoms. The molecule has 1 unspecified atom stereocenters. The summed E-state index contributed by atoms with van der Waals surface area (Å²) < 4.78 is 19.5. The van der Waals surface area contributed by atoms with Gasteiger partial charge in [0.25, 0.3) is 11.4 Å². The van der Waals surface area contributed by atoms with Gasteiger partial charge in [-0.2, -0.15) is 0 Å². The van der Waals surface area contributed by atoms with Gasteiger partial charge >= 0.3 is 0 Å². The molecule has 8 nitrogen and oxygen atoms in total. The third kappa shape index (κ3) is 2.14. The van der Waals surface area contributed by atoms with Gasteiger partial charge in [-0.05, 0) is 6.07 Å². The Balaban J connectivity index is 3.56. The third-order valence-electron chi connectivity index (χ3n) is 1.54. The molecule has 0 aliphatic carbocycles. The fourth-order valence-electron chi connectivity index (χ4n) is 0.979. The zero-order chi connectivity index (χ0) is 11.6. The first-order valence-corrected chi connectivity index (χ1v) is 4.58. The van der Waals surface area contributed by atoms with Gasteiger partial charge in [-0.1, -0.05) is 0 Å². The summed E-state index contributed by atoms with van der Waals surface area (Å²) in [6.45, 7) is 0. The summed E-state index contributed by atoms with van der Waals surface area (Å²) in [6, 6.07) is 2.93. The van der Waals surface area contributed by atoms with Gasteiger partial charge in [-0.3, -0.25) is 20.2 Å². The number of hydrogen-bond acceptors (Lipinski definition) is 5. The molecule has 0 aliphatic rings. The maximum absolute atomic E-state index is 10.8. The Morgan fingerprint density at radius 2 is 1.53 bits per heavy atom. The first-order chi connectivity index (χ1) is 6.95. The van der Waals surface area contributed by atoms with Gasteiger partial charge in [0.2, 0.25) is 16.0 Å². The van der Waals surface area contributed by atoms with E-state index in [0.29, 0.717) is 0 Å². The van der Waals surface area contributed by atoms with Crippen molar-refractivity contribution in [2.75, 3.05) is 0 Å². The van der Waals surface area contributed by atoms with Crippen molar-refractivity contribution in [3.8, 4) is 0 Å². The molecule has 0 aromatic heterocycles. The Hall–Kier alpha value is -1.87. The summed E-state index contributed by atoms with van der Waals surface area (Å²) in [4.78, 5) is 18.2. The lowest BCUT2D eigenvalue weighted by Crippen LogP contribution is -2.02. The molecular formula is C6H4N2O6S. The van der Waals surface area contributed by atoms with Crippen molar-refractivity contribution in [1.29, 1.82) is 0 Å². The number of benzene rings is 1. The van der Waals surface area contributed by atoms with Crippen LogP contribution in [0.4, 0.5) is 11.4 Å². The molecule has 1 rings (SSSR count). The molecule has 0 heterocycles. The normalized spacial score (nSPS) is 12.1. The number of rotatable bonds is 3. The Morgan fingerprint density at radius 3 is 1.80 bits per heavy atom. The van der Waals surface area contributed by atoms with Crippen molar-refractivity contribution in [3.05, 3.63) is 38.4 Å². The average molecular weight is 232 g/mol. The summed E-state index contributed by atoms with van der Waals surface area (Å²) in [5, 5.41) is 20.9. The number of nitro benzene ring substituents is 2. The van der Waals surface area contributed by atoms with E-state index in [4.69, 9.17) is 4.55 Å². The predicted octanol–water partition coefficient (Wildman–Crippen LogP) is 1.08. The molecule has 0 amide bonds. The van der Waals surface area contributed by atoms with Crippen molar-refractivity contribution < 1.29 is 18.6 Å². The van der Waals surface area contributed by atoms with Crippen LogP contribution in [-0.2, 0) is 11.1 Å². The Morgan fingerprint density at radius 1 is 1.13 bits per heavy atom. The summed E-state index contributed by atoms with van der Waals surface area (Å²) in [7, 11) is 0. The van der Waals surface area contributed by atoms with E-state index in [1.165, 1.54) is 0 Å². The van der Waals surface area contributed by atoms with Crippen molar-refractivity contribution in [3.63, 3.8) is 0 Å². The van der Waals surface area contributed by atoms with E-state index in [2.05, 4.69) is 0 Å². The Labute approximate surface area is 85.1 Å². The molecule has 80 valence electrons. The van der Waals surface area contributed by atoms with Crippen molar-refractivity contribution in [1.82, 2.24) is 0 Å². The van der Waals surface area contributed by atoms with Crippen molar-refractivity contribution in [2.45, 2.75) is 4.90 Å². The summed E-state index contributed by atoms with van der Waals surface area (Å²) in [6.07, 6.45) is 0. The minimum Gasteiger partial charge on any atom is -0.302 e. The number of nitro groups is 2. The molecule has 0 radical (unpaired) electrons. The SMILES string of the molecule is O=[N+]([O-])c1cccc([N+](=O)[O-])c1S(=O)O. The second kappa shape index (κ2) is 4.11. The van der Waals surface area contributed by atoms with E-state index in [1.54, 1.807) is 0 Å². The topological polar surface area (TPSA) is 124 Å².